The molecule has 2 aromatic carbocycles. The van der Waals surface area contributed by atoms with Crippen molar-refractivity contribution in [1.82, 2.24) is 0 Å². The molecule has 0 aliphatic rings. The van der Waals surface area contributed by atoms with Gasteiger partial charge in [0.25, 0.3) is 0 Å². The van der Waals surface area contributed by atoms with E-state index in [-0.39, 0.29) is 11.8 Å². The van der Waals surface area contributed by atoms with Gasteiger partial charge in [0.15, 0.2) is 0 Å². The summed E-state index contributed by atoms with van der Waals surface area (Å²) in [5, 5.41) is 12.8. The lowest BCUT2D eigenvalue weighted by atomic mass is 9.70. The zero-order valence-electron chi connectivity index (χ0n) is 16.0. The van der Waals surface area contributed by atoms with Crippen molar-refractivity contribution < 1.29 is 4.79 Å². The van der Waals surface area contributed by atoms with E-state index in [9.17, 15) is 10.1 Å². The molecule has 2 aromatic rings. The van der Waals surface area contributed by atoms with E-state index < -0.39 is 5.41 Å². The molecule has 0 radical (unpaired) electrons. The number of nitrogens with one attached hydrogen (secondary N) is 1. The number of hydrogen-bond donors (Lipinski definition) is 1. The van der Waals surface area contributed by atoms with Gasteiger partial charge < -0.3 is 10.2 Å². The largest absolute Gasteiger partial charge is 0.378 e. The van der Waals surface area contributed by atoms with Crippen LogP contribution in [0.1, 0.15) is 32.3 Å². The summed E-state index contributed by atoms with van der Waals surface area (Å²) in [6, 6.07) is 20.0. The Morgan fingerprint density at radius 1 is 1.12 bits per heavy atom. The van der Waals surface area contributed by atoms with Gasteiger partial charge in [-0.05, 0) is 42.2 Å². The van der Waals surface area contributed by atoms with Gasteiger partial charge in [0.1, 0.15) is 0 Å². The molecule has 136 valence electrons. The summed E-state index contributed by atoms with van der Waals surface area (Å²) >= 11 is 0. The van der Waals surface area contributed by atoms with Gasteiger partial charge in [-0.2, -0.15) is 5.26 Å². The monoisotopic (exact) mass is 349 g/mol. The third-order valence-electron chi connectivity index (χ3n) is 4.89. The summed E-state index contributed by atoms with van der Waals surface area (Å²) < 4.78 is 0. The SMILES string of the molecule is CC(C)C(C#N)(CCC(=O)Nc1ccc(N(C)C)cc1)c1ccccc1. The molecule has 2 rings (SSSR count). The first-order valence-corrected chi connectivity index (χ1v) is 8.93. The van der Waals surface area contributed by atoms with Gasteiger partial charge in [0.2, 0.25) is 5.91 Å². The molecule has 0 aromatic heterocycles. The number of carbonyl (C=O) groups excluding carboxylic acids is 1. The van der Waals surface area contributed by atoms with Crippen molar-refractivity contribution in [1.29, 1.82) is 5.26 Å². The second kappa shape index (κ2) is 8.53. The third kappa shape index (κ3) is 4.43. The first kappa shape index (κ1) is 19.5. The molecule has 0 saturated carbocycles. The Morgan fingerprint density at radius 2 is 1.73 bits per heavy atom. The maximum absolute atomic E-state index is 12.4. The van der Waals surface area contributed by atoms with Gasteiger partial charge in [-0.25, -0.2) is 0 Å². The van der Waals surface area contributed by atoms with Crippen molar-refractivity contribution in [2.24, 2.45) is 5.92 Å². The minimum absolute atomic E-state index is 0.0705. The Bertz CT molecular complexity index is 760. The fourth-order valence-electron chi connectivity index (χ4n) is 3.13. The fourth-order valence-corrected chi connectivity index (χ4v) is 3.13. The van der Waals surface area contributed by atoms with Crippen LogP contribution in [0.5, 0.6) is 0 Å². The third-order valence-corrected chi connectivity index (χ3v) is 4.89. The number of hydrogen-bond acceptors (Lipinski definition) is 3. The van der Waals surface area contributed by atoms with Crippen LogP contribution >= 0.6 is 0 Å². The van der Waals surface area contributed by atoms with E-state index in [0.717, 1.165) is 16.9 Å². The van der Waals surface area contributed by atoms with Crippen molar-refractivity contribution in [2.75, 3.05) is 24.3 Å². The summed E-state index contributed by atoms with van der Waals surface area (Å²) in [6.07, 6.45) is 0.795. The molecule has 1 N–H and O–H groups in total. The molecule has 0 fully saturated rings. The van der Waals surface area contributed by atoms with Crippen molar-refractivity contribution in [3.8, 4) is 6.07 Å². The highest BCUT2D eigenvalue weighted by atomic mass is 16.1. The molecule has 1 unspecified atom stereocenters. The number of nitriles is 1. The molecule has 0 spiro atoms. The van der Waals surface area contributed by atoms with Crippen LogP contribution in [0.25, 0.3) is 0 Å². The van der Waals surface area contributed by atoms with Crippen molar-refractivity contribution in [2.45, 2.75) is 32.1 Å². The standard InChI is InChI=1S/C22H27N3O/c1-17(2)22(16-23,18-8-6-5-7-9-18)15-14-21(26)24-19-10-12-20(13-11-19)25(3)4/h5-13,17H,14-15H2,1-4H3,(H,24,26). The maximum atomic E-state index is 12.4. The topological polar surface area (TPSA) is 56.1 Å². The number of rotatable bonds is 7. The van der Waals surface area contributed by atoms with Crippen LogP contribution in [0.15, 0.2) is 54.6 Å². The average molecular weight is 349 g/mol. The fraction of sp³-hybridized carbons (Fsp3) is 0.364. The molecule has 1 amide bonds. The average Bonchev–Trinajstić information content (AvgIpc) is 2.63. The van der Waals surface area contributed by atoms with Crippen LogP contribution < -0.4 is 10.2 Å². The number of amides is 1. The zero-order chi connectivity index (χ0) is 19.2. The summed E-state index contributed by atoms with van der Waals surface area (Å²) in [5.41, 5.74) is 2.16. The Kier molecular flexibility index (Phi) is 6.41. The molecule has 0 heterocycles. The smallest absolute Gasteiger partial charge is 0.224 e. The van der Waals surface area contributed by atoms with E-state index in [0.29, 0.717) is 12.8 Å². The lowest BCUT2D eigenvalue weighted by Gasteiger charge is -2.31. The number of benzene rings is 2. The molecular formula is C22H27N3O. The Balaban J connectivity index is 2.07. The lowest BCUT2D eigenvalue weighted by Crippen LogP contribution is -2.32. The normalized spacial score (nSPS) is 12.9. The molecular weight excluding hydrogens is 322 g/mol. The Hall–Kier alpha value is -2.80. The van der Waals surface area contributed by atoms with Gasteiger partial charge in [0.05, 0.1) is 11.5 Å². The van der Waals surface area contributed by atoms with E-state index in [1.54, 1.807) is 0 Å². The van der Waals surface area contributed by atoms with Gasteiger partial charge >= 0.3 is 0 Å². The Morgan fingerprint density at radius 3 is 2.23 bits per heavy atom. The predicted octanol–water partition coefficient (Wildman–Crippen LogP) is 4.59. The summed E-state index contributed by atoms with van der Waals surface area (Å²) in [7, 11) is 3.95. The van der Waals surface area contributed by atoms with Gasteiger partial charge in [-0.15, -0.1) is 0 Å². The maximum Gasteiger partial charge on any atom is 0.224 e. The Labute approximate surface area is 156 Å². The molecule has 4 heteroatoms. The van der Waals surface area contributed by atoms with E-state index in [1.165, 1.54) is 0 Å². The number of anilines is 2. The van der Waals surface area contributed by atoms with Crippen LogP contribution in [0, 0.1) is 17.2 Å². The first-order chi connectivity index (χ1) is 12.4. The number of carbonyl (C=O) groups is 1. The van der Waals surface area contributed by atoms with Crippen LogP contribution in [0.4, 0.5) is 11.4 Å². The molecule has 0 saturated heterocycles. The first-order valence-electron chi connectivity index (χ1n) is 8.93. The second-order valence-corrected chi connectivity index (χ2v) is 7.09. The highest BCUT2D eigenvalue weighted by Gasteiger charge is 2.36. The predicted molar refractivity (Wildman–Crippen MR) is 107 cm³/mol. The number of nitrogens with zero attached hydrogens (tertiary/aromatic N) is 2. The summed E-state index contributed by atoms with van der Waals surface area (Å²) in [4.78, 5) is 14.4. The minimum atomic E-state index is -0.659. The molecule has 0 aliphatic heterocycles. The molecule has 26 heavy (non-hydrogen) atoms. The summed E-state index contributed by atoms with van der Waals surface area (Å²) in [5.74, 6) is 0.0425. The van der Waals surface area contributed by atoms with Crippen molar-refractivity contribution in [3.63, 3.8) is 0 Å². The van der Waals surface area contributed by atoms with Crippen LogP contribution in [0.2, 0.25) is 0 Å². The van der Waals surface area contributed by atoms with E-state index in [1.807, 2.05) is 87.4 Å². The highest BCUT2D eigenvalue weighted by molar-refractivity contribution is 5.91. The van der Waals surface area contributed by atoms with E-state index in [4.69, 9.17) is 0 Å². The minimum Gasteiger partial charge on any atom is -0.378 e. The highest BCUT2D eigenvalue weighted by Crippen LogP contribution is 2.36. The van der Waals surface area contributed by atoms with Crippen molar-refractivity contribution in [3.05, 3.63) is 60.2 Å². The molecule has 0 bridgehead atoms. The molecule has 1 atom stereocenters. The summed E-state index contributed by atoms with van der Waals surface area (Å²) in [6.45, 7) is 4.07. The second-order valence-electron chi connectivity index (χ2n) is 7.09. The molecule has 4 nitrogen and oxygen atoms in total. The van der Waals surface area contributed by atoms with Gasteiger partial charge in [-0.3, -0.25) is 4.79 Å². The van der Waals surface area contributed by atoms with E-state index >= 15 is 0 Å². The molecule has 0 aliphatic carbocycles. The van der Waals surface area contributed by atoms with Crippen LogP contribution in [-0.2, 0) is 10.2 Å². The van der Waals surface area contributed by atoms with Gasteiger partial charge in [-0.1, -0.05) is 44.2 Å². The quantitative estimate of drug-likeness (QED) is 0.795. The van der Waals surface area contributed by atoms with Crippen molar-refractivity contribution >= 4 is 17.3 Å². The zero-order valence-corrected chi connectivity index (χ0v) is 16.0. The van der Waals surface area contributed by atoms with E-state index in [2.05, 4.69) is 11.4 Å². The van der Waals surface area contributed by atoms with Gasteiger partial charge in [0, 0.05) is 31.9 Å². The van der Waals surface area contributed by atoms with Crippen LogP contribution in [-0.4, -0.2) is 20.0 Å². The van der Waals surface area contributed by atoms with Crippen LogP contribution in [0.3, 0.4) is 0 Å². The lowest BCUT2D eigenvalue weighted by molar-refractivity contribution is -0.116.